The monoisotopic (exact) mass is 351 g/mol. The van der Waals surface area contributed by atoms with Gasteiger partial charge in [0.2, 0.25) is 0 Å². The zero-order valence-corrected chi connectivity index (χ0v) is 14.8. The number of hydrogen-bond acceptors (Lipinski definition) is 4. The van der Waals surface area contributed by atoms with Crippen LogP contribution in [0, 0.1) is 6.92 Å². The van der Waals surface area contributed by atoms with Crippen molar-refractivity contribution in [2.24, 2.45) is 5.10 Å². The molecule has 0 bridgehead atoms. The zero-order chi connectivity index (χ0) is 18.4. The Hall–Kier alpha value is -3.28. The highest BCUT2D eigenvalue weighted by Crippen LogP contribution is 2.20. The summed E-state index contributed by atoms with van der Waals surface area (Å²) in [5, 5.41) is 4.97. The molecule has 1 N–H and O–H groups in total. The van der Waals surface area contributed by atoms with E-state index in [0.29, 0.717) is 13.2 Å². The predicted octanol–water partition coefficient (Wildman–Crippen LogP) is 3.72. The Morgan fingerprint density at radius 2 is 2.08 bits per heavy atom. The number of carbonyl (C=O) groups is 1. The molecule has 6 nitrogen and oxygen atoms in total. The first kappa shape index (κ1) is 17.5. The highest BCUT2D eigenvalue weighted by atomic mass is 16.5. The van der Waals surface area contributed by atoms with Crippen molar-refractivity contribution in [2.75, 3.05) is 13.7 Å². The van der Waals surface area contributed by atoms with Gasteiger partial charge in [0.25, 0.3) is 0 Å². The fraction of sp³-hybridized carbons (Fsp3) is 0.200. The van der Waals surface area contributed by atoms with Crippen LogP contribution in [0.3, 0.4) is 0 Å². The quantitative estimate of drug-likeness (QED) is 0.544. The third-order valence-electron chi connectivity index (χ3n) is 3.95. The van der Waals surface area contributed by atoms with Crippen LogP contribution >= 0.6 is 0 Å². The normalized spacial score (nSPS) is 11.0. The van der Waals surface area contributed by atoms with E-state index in [1.54, 1.807) is 6.21 Å². The van der Waals surface area contributed by atoms with Crippen LogP contribution in [0.2, 0.25) is 0 Å². The minimum atomic E-state index is -0.600. The van der Waals surface area contributed by atoms with E-state index in [1.165, 1.54) is 12.7 Å². The molecule has 1 amide bonds. The first-order chi connectivity index (χ1) is 12.7. The first-order valence-corrected chi connectivity index (χ1v) is 8.32. The van der Waals surface area contributed by atoms with Crippen LogP contribution in [-0.4, -0.2) is 30.6 Å². The number of carbonyl (C=O) groups excluding carboxylic acids is 1. The molecule has 1 aromatic heterocycles. The molecule has 0 spiro atoms. The van der Waals surface area contributed by atoms with Gasteiger partial charge in [-0.3, -0.25) is 0 Å². The maximum Gasteiger partial charge on any atom is 0.427 e. The van der Waals surface area contributed by atoms with Crippen molar-refractivity contribution in [2.45, 2.75) is 13.5 Å². The molecule has 0 saturated heterocycles. The van der Waals surface area contributed by atoms with E-state index in [0.717, 1.165) is 22.2 Å². The minimum Gasteiger partial charge on any atom is -0.492 e. The van der Waals surface area contributed by atoms with E-state index in [1.807, 2.05) is 61.7 Å². The third-order valence-corrected chi connectivity index (χ3v) is 3.95. The van der Waals surface area contributed by atoms with Gasteiger partial charge in [0.05, 0.1) is 19.9 Å². The van der Waals surface area contributed by atoms with Gasteiger partial charge in [0.15, 0.2) is 0 Å². The lowest BCUT2D eigenvalue weighted by Gasteiger charge is -2.08. The second kappa shape index (κ2) is 8.20. The molecule has 0 atom stereocenters. The lowest BCUT2D eigenvalue weighted by molar-refractivity contribution is 0.171. The van der Waals surface area contributed by atoms with Crippen LogP contribution in [-0.2, 0) is 11.3 Å². The number of hydrogen-bond donors (Lipinski definition) is 1. The van der Waals surface area contributed by atoms with Gasteiger partial charge >= 0.3 is 6.09 Å². The van der Waals surface area contributed by atoms with Crippen LogP contribution in [0.4, 0.5) is 4.79 Å². The summed E-state index contributed by atoms with van der Waals surface area (Å²) < 4.78 is 12.5. The summed E-state index contributed by atoms with van der Waals surface area (Å²) in [5.41, 5.74) is 5.46. The van der Waals surface area contributed by atoms with Gasteiger partial charge in [-0.1, -0.05) is 30.3 Å². The maximum atomic E-state index is 11.1. The molecular weight excluding hydrogens is 330 g/mol. The number of amides is 1. The summed E-state index contributed by atoms with van der Waals surface area (Å²) in [5.74, 6) is 0.866. The molecule has 0 saturated carbocycles. The number of rotatable bonds is 6. The predicted molar refractivity (Wildman–Crippen MR) is 102 cm³/mol. The van der Waals surface area contributed by atoms with Crippen molar-refractivity contribution >= 4 is 23.2 Å². The fourth-order valence-electron chi connectivity index (χ4n) is 2.73. The zero-order valence-electron chi connectivity index (χ0n) is 14.8. The number of benzene rings is 2. The van der Waals surface area contributed by atoms with Crippen LogP contribution < -0.4 is 10.2 Å². The largest absolute Gasteiger partial charge is 0.492 e. The Labute approximate surface area is 152 Å². The number of hydrazone groups is 1. The van der Waals surface area contributed by atoms with Gasteiger partial charge < -0.3 is 14.0 Å². The Morgan fingerprint density at radius 1 is 1.23 bits per heavy atom. The lowest BCUT2D eigenvalue weighted by Crippen LogP contribution is -2.16. The van der Waals surface area contributed by atoms with E-state index in [4.69, 9.17) is 4.74 Å². The van der Waals surface area contributed by atoms with Gasteiger partial charge in [-0.2, -0.15) is 5.10 Å². The molecule has 0 aliphatic rings. The lowest BCUT2D eigenvalue weighted by atomic mass is 10.2. The van der Waals surface area contributed by atoms with Crippen LogP contribution in [0.15, 0.2) is 59.8 Å². The number of aromatic nitrogens is 1. The average Bonchev–Trinajstić information content (AvgIpc) is 3.00. The Bertz CT molecular complexity index is 931. The number of nitrogens with one attached hydrogen (secondary N) is 1. The highest BCUT2D eigenvalue weighted by Gasteiger charge is 2.07. The summed E-state index contributed by atoms with van der Waals surface area (Å²) in [6, 6.07) is 16.0. The molecule has 3 aromatic rings. The average molecular weight is 351 g/mol. The van der Waals surface area contributed by atoms with Crippen molar-refractivity contribution in [1.29, 1.82) is 0 Å². The number of nitrogens with zero attached hydrogens (tertiary/aromatic N) is 2. The molecule has 0 radical (unpaired) electrons. The number of ether oxygens (including phenoxy) is 2. The van der Waals surface area contributed by atoms with Crippen molar-refractivity contribution in [3.63, 3.8) is 0 Å². The Morgan fingerprint density at radius 3 is 2.88 bits per heavy atom. The maximum absolute atomic E-state index is 11.1. The van der Waals surface area contributed by atoms with Gasteiger partial charge in [0, 0.05) is 22.7 Å². The van der Waals surface area contributed by atoms with Gasteiger partial charge in [-0.05, 0) is 30.7 Å². The van der Waals surface area contributed by atoms with Crippen LogP contribution in [0.5, 0.6) is 5.75 Å². The standard InChI is InChI=1S/C20H21N3O3/c1-15-6-5-7-17(12-15)26-11-10-23-14-16(13-21-22-20(24)25-2)18-8-3-4-9-19(18)23/h3-9,12-14H,10-11H2,1-2H3,(H,22,24). The fourth-order valence-corrected chi connectivity index (χ4v) is 2.73. The topological polar surface area (TPSA) is 64.8 Å². The molecule has 0 fully saturated rings. The number of aryl methyl sites for hydroxylation is 1. The van der Waals surface area contributed by atoms with Crippen molar-refractivity contribution < 1.29 is 14.3 Å². The molecule has 134 valence electrons. The van der Waals surface area contributed by atoms with E-state index >= 15 is 0 Å². The van der Waals surface area contributed by atoms with Gasteiger partial charge in [-0.15, -0.1) is 0 Å². The highest BCUT2D eigenvalue weighted by molar-refractivity contribution is 5.99. The second-order valence-corrected chi connectivity index (χ2v) is 5.82. The summed E-state index contributed by atoms with van der Waals surface area (Å²) >= 11 is 0. The van der Waals surface area contributed by atoms with E-state index in [9.17, 15) is 4.79 Å². The third kappa shape index (κ3) is 4.22. The molecule has 0 unspecified atom stereocenters. The van der Waals surface area contributed by atoms with Crippen molar-refractivity contribution in [3.8, 4) is 5.75 Å². The van der Waals surface area contributed by atoms with Crippen LogP contribution in [0.1, 0.15) is 11.1 Å². The SMILES string of the molecule is COC(=O)NN=Cc1cn(CCOc2cccc(C)c2)c2ccccc12. The Balaban J connectivity index is 1.73. The van der Waals surface area contributed by atoms with E-state index < -0.39 is 6.09 Å². The van der Waals surface area contributed by atoms with Crippen molar-refractivity contribution in [3.05, 3.63) is 65.9 Å². The van der Waals surface area contributed by atoms with Crippen LogP contribution in [0.25, 0.3) is 10.9 Å². The minimum absolute atomic E-state index is 0.555. The summed E-state index contributed by atoms with van der Waals surface area (Å²) in [7, 11) is 1.30. The molecule has 0 aliphatic carbocycles. The number of para-hydroxylation sites is 1. The smallest absolute Gasteiger partial charge is 0.427 e. The molecule has 2 aromatic carbocycles. The second-order valence-electron chi connectivity index (χ2n) is 5.82. The van der Waals surface area contributed by atoms with Gasteiger partial charge in [-0.25, -0.2) is 10.2 Å². The molecule has 26 heavy (non-hydrogen) atoms. The molecule has 6 heteroatoms. The van der Waals surface area contributed by atoms with E-state index in [2.05, 4.69) is 19.8 Å². The molecule has 0 aliphatic heterocycles. The summed E-state index contributed by atoms with van der Waals surface area (Å²) in [4.78, 5) is 11.1. The first-order valence-electron chi connectivity index (χ1n) is 8.32. The number of fused-ring (bicyclic) bond motifs is 1. The number of methoxy groups -OCH3 is 1. The Kier molecular flexibility index (Phi) is 5.53. The molecular formula is C20H21N3O3. The van der Waals surface area contributed by atoms with Crippen molar-refractivity contribution in [1.82, 2.24) is 9.99 Å². The van der Waals surface area contributed by atoms with E-state index in [-0.39, 0.29) is 0 Å². The summed E-state index contributed by atoms with van der Waals surface area (Å²) in [6.45, 7) is 3.30. The van der Waals surface area contributed by atoms with Gasteiger partial charge in [0.1, 0.15) is 12.4 Å². The molecule has 1 heterocycles. The summed E-state index contributed by atoms with van der Waals surface area (Å²) in [6.07, 6.45) is 3.00. The molecule has 3 rings (SSSR count).